The van der Waals surface area contributed by atoms with E-state index in [4.69, 9.17) is 0 Å². The zero-order chi connectivity index (χ0) is 28.4. The SMILES string of the molecule is Cc1ccccc1NS(=O)(=O)c1cc(C(=O)Nc2cccc(C(=O)c3ccc(C(C)(C)C)cc3)c2)ccc1C. The monoisotopic (exact) mass is 540 g/mol. The van der Waals surface area contributed by atoms with Crippen molar-refractivity contribution >= 4 is 33.1 Å². The normalized spacial score (nSPS) is 11.6. The minimum atomic E-state index is -3.93. The number of nitrogens with one attached hydrogen (secondary N) is 2. The predicted molar refractivity (Wildman–Crippen MR) is 156 cm³/mol. The van der Waals surface area contributed by atoms with E-state index in [9.17, 15) is 18.0 Å². The first-order valence-electron chi connectivity index (χ1n) is 12.6. The summed E-state index contributed by atoms with van der Waals surface area (Å²) < 4.78 is 28.9. The Labute approximate surface area is 230 Å². The van der Waals surface area contributed by atoms with Crippen LogP contribution in [0.5, 0.6) is 0 Å². The minimum absolute atomic E-state index is 0.0148. The van der Waals surface area contributed by atoms with E-state index >= 15 is 0 Å². The predicted octanol–water partition coefficient (Wildman–Crippen LogP) is 6.89. The van der Waals surface area contributed by atoms with Crippen LogP contribution < -0.4 is 10.0 Å². The smallest absolute Gasteiger partial charge is 0.262 e. The topological polar surface area (TPSA) is 92.3 Å². The van der Waals surface area contributed by atoms with Crippen molar-refractivity contribution in [1.82, 2.24) is 0 Å². The van der Waals surface area contributed by atoms with Gasteiger partial charge in [-0.2, -0.15) is 0 Å². The van der Waals surface area contributed by atoms with Gasteiger partial charge in [0.1, 0.15) is 0 Å². The summed E-state index contributed by atoms with van der Waals surface area (Å²) in [6.07, 6.45) is 0. The first-order chi connectivity index (χ1) is 18.3. The Balaban J connectivity index is 1.54. The van der Waals surface area contributed by atoms with E-state index in [2.05, 4.69) is 30.8 Å². The number of hydrogen-bond donors (Lipinski definition) is 2. The standard InChI is InChI=1S/C32H32N2O4S/c1-21-9-6-7-12-28(21)34-39(37,38)29-20-25(14-13-22(29)2)31(36)33-27-11-8-10-24(19-27)30(35)23-15-17-26(18-16-23)32(3,4)5/h6-20,34H,1-5H3,(H,33,36). The number of hydrogen-bond acceptors (Lipinski definition) is 4. The number of ketones is 1. The molecule has 6 nitrogen and oxygen atoms in total. The van der Waals surface area contributed by atoms with E-state index in [0.29, 0.717) is 28.1 Å². The van der Waals surface area contributed by atoms with E-state index in [1.807, 2.05) is 43.3 Å². The van der Waals surface area contributed by atoms with Gasteiger partial charge in [0.25, 0.3) is 15.9 Å². The average Bonchev–Trinajstić information content (AvgIpc) is 2.89. The molecule has 4 aromatic rings. The molecule has 0 bridgehead atoms. The molecule has 0 saturated carbocycles. The summed E-state index contributed by atoms with van der Waals surface area (Å²) in [5.41, 5.74) is 4.49. The van der Waals surface area contributed by atoms with Crippen molar-refractivity contribution in [3.8, 4) is 0 Å². The molecule has 0 fully saturated rings. The molecule has 1 amide bonds. The lowest BCUT2D eigenvalue weighted by molar-refractivity contribution is 0.102. The van der Waals surface area contributed by atoms with Crippen molar-refractivity contribution in [1.29, 1.82) is 0 Å². The van der Waals surface area contributed by atoms with Gasteiger partial charge in [-0.05, 0) is 66.3 Å². The second-order valence-electron chi connectivity index (χ2n) is 10.6. The summed E-state index contributed by atoms with van der Waals surface area (Å²) in [7, 11) is -3.93. The van der Waals surface area contributed by atoms with E-state index in [1.54, 1.807) is 55.5 Å². The van der Waals surface area contributed by atoms with Crippen LogP contribution in [0, 0.1) is 13.8 Å². The molecule has 39 heavy (non-hydrogen) atoms. The zero-order valence-electron chi connectivity index (χ0n) is 22.7. The van der Waals surface area contributed by atoms with Crippen LogP contribution in [0.3, 0.4) is 0 Å². The van der Waals surface area contributed by atoms with E-state index in [0.717, 1.165) is 11.1 Å². The highest BCUT2D eigenvalue weighted by atomic mass is 32.2. The van der Waals surface area contributed by atoms with Gasteiger partial charge in [0.05, 0.1) is 10.6 Å². The number of carbonyl (C=O) groups excluding carboxylic acids is 2. The lowest BCUT2D eigenvalue weighted by Gasteiger charge is -2.19. The number of rotatable bonds is 7. The summed E-state index contributed by atoms with van der Waals surface area (Å²) in [6.45, 7) is 9.83. The van der Waals surface area contributed by atoms with Gasteiger partial charge >= 0.3 is 0 Å². The number of sulfonamides is 1. The third-order valence-corrected chi connectivity index (χ3v) is 8.03. The molecule has 4 rings (SSSR count). The van der Waals surface area contributed by atoms with Crippen LogP contribution in [0.1, 0.15) is 63.7 Å². The molecule has 200 valence electrons. The molecular formula is C32H32N2O4S. The molecule has 0 saturated heterocycles. The maximum absolute atomic E-state index is 13.2. The summed E-state index contributed by atoms with van der Waals surface area (Å²) in [4.78, 5) is 26.2. The third kappa shape index (κ3) is 6.44. The molecule has 0 radical (unpaired) electrons. The first kappa shape index (κ1) is 27.8. The van der Waals surface area contributed by atoms with Crippen LogP contribution in [-0.2, 0) is 15.4 Å². The van der Waals surface area contributed by atoms with Crippen LogP contribution in [0.2, 0.25) is 0 Å². The van der Waals surface area contributed by atoms with Gasteiger partial charge in [-0.15, -0.1) is 0 Å². The molecule has 0 aliphatic rings. The summed E-state index contributed by atoms with van der Waals surface area (Å²) in [5.74, 6) is -0.640. The van der Waals surface area contributed by atoms with Gasteiger partial charge < -0.3 is 5.32 Å². The molecule has 0 aromatic heterocycles. The van der Waals surface area contributed by atoms with Crippen LogP contribution in [0.25, 0.3) is 0 Å². The fourth-order valence-electron chi connectivity index (χ4n) is 4.15. The Morgan fingerprint density at radius 1 is 0.692 bits per heavy atom. The zero-order valence-corrected chi connectivity index (χ0v) is 23.5. The Morgan fingerprint density at radius 2 is 1.36 bits per heavy atom. The molecule has 0 spiro atoms. The molecule has 0 heterocycles. The van der Waals surface area contributed by atoms with Crippen molar-refractivity contribution in [2.45, 2.75) is 44.9 Å². The van der Waals surface area contributed by atoms with Gasteiger partial charge in [0.15, 0.2) is 5.78 Å². The highest BCUT2D eigenvalue weighted by Crippen LogP contribution is 2.25. The van der Waals surface area contributed by atoms with E-state index < -0.39 is 15.9 Å². The third-order valence-electron chi connectivity index (χ3n) is 6.52. The van der Waals surface area contributed by atoms with Crippen molar-refractivity contribution in [3.05, 3.63) is 124 Å². The summed E-state index contributed by atoms with van der Waals surface area (Å²) in [6, 6.07) is 25.8. The quantitative estimate of drug-likeness (QED) is 0.250. The maximum atomic E-state index is 13.2. The number of aryl methyl sites for hydroxylation is 2. The number of para-hydroxylation sites is 1. The minimum Gasteiger partial charge on any atom is -0.322 e. The second-order valence-corrected chi connectivity index (χ2v) is 12.2. The highest BCUT2D eigenvalue weighted by Gasteiger charge is 2.21. The Kier molecular flexibility index (Phi) is 7.74. The first-order valence-corrected chi connectivity index (χ1v) is 14.1. The Hall–Kier alpha value is -4.23. The summed E-state index contributed by atoms with van der Waals surface area (Å²) in [5, 5.41) is 2.78. The van der Waals surface area contributed by atoms with Gasteiger partial charge in [0.2, 0.25) is 0 Å². The van der Waals surface area contributed by atoms with E-state index in [-0.39, 0.29) is 21.7 Å². The number of benzene rings is 4. The Bertz CT molecular complexity index is 1650. The molecule has 7 heteroatoms. The van der Waals surface area contributed by atoms with Gasteiger partial charge in [-0.25, -0.2) is 8.42 Å². The van der Waals surface area contributed by atoms with Gasteiger partial charge in [-0.3, -0.25) is 14.3 Å². The fourth-order valence-corrected chi connectivity index (χ4v) is 5.55. The van der Waals surface area contributed by atoms with Crippen molar-refractivity contribution in [2.75, 3.05) is 10.0 Å². The average molecular weight is 541 g/mol. The molecule has 0 atom stereocenters. The summed E-state index contributed by atoms with van der Waals surface area (Å²) >= 11 is 0. The van der Waals surface area contributed by atoms with Gasteiger partial charge in [0, 0.05) is 22.4 Å². The van der Waals surface area contributed by atoms with Crippen molar-refractivity contribution in [3.63, 3.8) is 0 Å². The van der Waals surface area contributed by atoms with Crippen LogP contribution >= 0.6 is 0 Å². The maximum Gasteiger partial charge on any atom is 0.262 e. The largest absolute Gasteiger partial charge is 0.322 e. The van der Waals surface area contributed by atoms with Crippen LogP contribution in [0.15, 0.2) is 95.9 Å². The van der Waals surface area contributed by atoms with Crippen LogP contribution in [-0.4, -0.2) is 20.1 Å². The second kappa shape index (κ2) is 10.9. The van der Waals surface area contributed by atoms with Crippen molar-refractivity contribution in [2.24, 2.45) is 0 Å². The molecule has 0 unspecified atom stereocenters. The van der Waals surface area contributed by atoms with E-state index in [1.165, 1.54) is 6.07 Å². The lowest BCUT2D eigenvalue weighted by atomic mass is 9.86. The molecule has 2 N–H and O–H groups in total. The Morgan fingerprint density at radius 3 is 2.03 bits per heavy atom. The lowest BCUT2D eigenvalue weighted by Crippen LogP contribution is -2.17. The fraction of sp³-hybridized carbons (Fsp3) is 0.188. The van der Waals surface area contributed by atoms with Crippen molar-refractivity contribution < 1.29 is 18.0 Å². The van der Waals surface area contributed by atoms with Gasteiger partial charge in [-0.1, -0.05) is 81.4 Å². The molecule has 4 aromatic carbocycles. The number of carbonyl (C=O) groups is 2. The number of amides is 1. The number of anilines is 2. The highest BCUT2D eigenvalue weighted by molar-refractivity contribution is 7.92. The van der Waals surface area contributed by atoms with Crippen LogP contribution in [0.4, 0.5) is 11.4 Å². The molecule has 0 aliphatic heterocycles. The molecular weight excluding hydrogens is 508 g/mol. The molecule has 0 aliphatic carbocycles.